The fourth-order valence-corrected chi connectivity index (χ4v) is 10.3. The van der Waals surface area contributed by atoms with Gasteiger partial charge in [-0.25, -0.2) is 15.0 Å². The molecular formula is C56H34N4. The van der Waals surface area contributed by atoms with Crippen molar-refractivity contribution < 1.29 is 0 Å². The Bertz CT molecular complexity index is 3340. The van der Waals surface area contributed by atoms with Crippen LogP contribution in [0.5, 0.6) is 0 Å². The first-order valence-electron chi connectivity index (χ1n) is 20.6. The van der Waals surface area contributed by atoms with E-state index in [-0.39, 0.29) is 5.41 Å². The van der Waals surface area contributed by atoms with Gasteiger partial charge in [-0.3, -0.25) is 4.99 Å². The van der Waals surface area contributed by atoms with Crippen molar-refractivity contribution >= 4 is 32.9 Å². The van der Waals surface area contributed by atoms with Crippen LogP contribution < -0.4 is 0 Å². The van der Waals surface area contributed by atoms with E-state index in [0.717, 1.165) is 39.9 Å². The number of rotatable bonds is 4. The lowest BCUT2D eigenvalue weighted by Gasteiger charge is -2.30. The predicted octanol–water partition coefficient (Wildman–Crippen LogP) is 13.2. The van der Waals surface area contributed by atoms with E-state index < -0.39 is 0 Å². The van der Waals surface area contributed by atoms with Crippen LogP contribution in [0, 0.1) is 0 Å². The van der Waals surface area contributed by atoms with Gasteiger partial charge in [0.2, 0.25) is 0 Å². The van der Waals surface area contributed by atoms with Crippen LogP contribution in [0.25, 0.3) is 78.0 Å². The zero-order chi connectivity index (χ0) is 39.4. The normalized spacial score (nSPS) is 13.8. The first-order valence-corrected chi connectivity index (χ1v) is 20.6. The van der Waals surface area contributed by atoms with E-state index in [1.807, 2.05) is 60.7 Å². The second kappa shape index (κ2) is 12.6. The zero-order valence-corrected chi connectivity index (χ0v) is 32.5. The molecule has 4 nitrogen and oxygen atoms in total. The minimum atomic E-state index is -0.385. The van der Waals surface area contributed by atoms with Crippen molar-refractivity contribution in [3.63, 3.8) is 0 Å². The lowest BCUT2D eigenvalue weighted by Crippen LogP contribution is -2.26. The Labute approximate surface area is 347 Å². The Kier molecular flexibility index (Phi) is 6.96. The second-order valence-corrected chi connectivity index (χ2v) is 16.1. The van der Waals surface area contributed by atoms with E-state index in [2.05, 4.69) is 133 Å². The molecule has 0 N–H and O–H groups in total. The first kappa shape index (κ1) is 33.2. The molecule has 0 atom stereocenters. The van der Waals surface area contributed by atoms with Crippen molar-refractivity contribution in [3.8, 4) is 56.4 Å². The highest BCUT2D eigenvalue weighted by Gasteiger charge is 2.51. The Morgan fingerprint density at radius 1 is 0.367 bits per heavy atom. The third kappa shape index (κ3) is 4.67. The standard InChI is InChI=1S/C56H34N4/c1-3-13-35(14-4-1)53-58-54(36-15-5-2-6-16-36)60-55(59-53)40-28-29-41-37(31-40)25-23-34-24-26-39-33-50(57-52(39)51(34)41)38-27-30-45-44-19-9-12-22-48(44)56(49(45)32-38)46-20-10-7-17-42(46)43-18-8-11-21-47(43)56/h1-32H,33H2. The van der Waals surface area contributed by atoms with Gasteiger partial charge in [-0.2, -0.15) is 0 Å². The van der Waals surface area contributed by atoms with Crippen molar-refractivity contribution in [1.82, 2.24) is 15.0 Å². The second-order valence-electron chi connectivity index (χ2n) is 16.1. The van der Waals surface area contributed by atoms with E-state index in [4.69, 9.17) is 19.9 Å². The fourth-order valence-electron chi connectivity index (χ4n) is 10.3. The van der Waals surface area contributed by atoms with Gasteiger partial charge < -0.3 is 0 Å². The van der Waals surface area contributed by atoms with Gasteiger partial charge in [-0.05, 0) is 83.9 Å². The Morgan fingerprint density at radius 3 is 1.48 bits per heavy atom. The minimum Gasteiger partial charge on any atom is -0.252 e. The smallest absolute Gasteiger partial charge is 0.164 e. The molecule has 278 valence electrons. The summed E-state index contributed by atoms with van der Waals surface area (Å²) in [5, 5.41) is 4.65. The lowest BCUT2D eigenvalue weighted by atomic mass is 9.70. The molecule has 0 saturated carbocycles. The largest absolute Gasteiger partial charge is 0.252 e. The number of nitrogens with zero attached hydrogens (tertiary/aromatic N) is 4. The van der Waals surface area contributed by atoms with Gasteiger partial charge in [-0.1, -0.05) is 182 Å². The van der Waals surface area contributed by atoms with Gasteiger partial charge in [0.25, 0.3) is 0 Å². The summed E-state index contributed by atoms with van der Waals surface area (Å²) in [6, 6.07) is 69.9. The van der Waals surface area contributed by atoms with Gasteiger partial charge in [0.1, 0.15) is 0 Å². The minimum absolute atomic E-state index is 0.385. The monoisotopic (exact) mass is 762 g/mol. The average molecular weight is 763 g/mol. The van der Waals surface area contributed by atoms with Gasteiger partial charge in [0, 0.05) is 28.5 Å². The molecule has 3 aliphatic rings. The first-order chi connectivity index (χ1) is 29.7. The average Bonchev–Trinajstić information content (AvgIpc) is 3.99. The summed E-state index contributed by atoms with van der Waals surface area (Å²) in [5.74, 6) is 1.95. The Morgan fingerprint density at radius 2 is 0.867 bits per heavy atom. The molecule has 9 aromatic carbocycles. The number of fused-ring (bicyclic) bond motifs is 15. The maximum Gasteiger partial charge on any atom is 0.164 e. The van der Waals surface area contributed by atoms with Gasteiger partial charge in [0.15, 0.2) is 17.5 Å². The van der Waals surface area contributed by atoms with Crippen LogP contribution in [0.4, 0.5) is 5.69 Å². The Balaban J connectivity index is 0.946. The summed E-state index contributed by atoms with van der Waals surface area (Å²) in [6.45, 7) is 0. The summed E-state index contributed by atoms with van der Waals surface area (Å²) in [6.07, 6.45) is 0.779. The molecule has 1 aromatic heterocycles. The number of aliphatic imine (C=N–C) groups is 1. The molecule has 2 aliphatic carbocycles. The molecule has 0 amide bonds. The lowest BCUT2D eigenvalue weighted by molar-refractivity contribution is 0.793. The van der Waals surface area contributed by atoms with Crippen LogP contribution in [-0.2, 0) is 11.8 Å². The van der Waals surface area contributed by atoms with E-state index in [0.29, 0.717) is 17.5 Å². The predicted molar refractivity (Wildman–Crippen MR) is 244 cm³/mol. The molecular weight excluding hydrogens is 729 g/mol. The highest BCUT2D eigenvalue weighted by molar-refractivity contribution is 6.18. The molecule has 4 heteroatoms. The van der Waals surface area contributed by atoms with Crippen molar-refractivity contribution in [2.75, 3.05) is 0 Å². The van der Waals surface area contributed by atoms with Crippen LogP contribution >= 0.6 is 0 Å². The van der Waals surface area contributed by atoms with E-state index in [1.54, 1.807) is 0 Å². The van der Waals surface area contributed by atoms with Crippen molar-refractivity contribution in [2.24, 2.45) is 4.99 Å². The maximum absolute atomic E-state index is 5.53. The number of benzene rings is 9. The van der Waals surface area contributed by atoms with Crippen molar-refractivity contribution in [2.45, 2.75) is 11.8 Å². The summed E-state index contributed by atoms with van der Waals surface area (Å²) < 4.78 is 0. The molecule has 0 radical (unpaired) electrons. The number of aromatic nitrogens is 3. The quantitative estimate of drug-likeness (QED) is 0.168. The zero-order valence-electron chi connectivity index (χ0n) is 32.5. The molecule has 2 heterocycles. The highest BCUT2D eigenvalue weighted by atomic mass is 15.0. The number of hydrogen-bond acceptors (Lipinski definition) is 4. The van der Waals surface area contributed by atoms with Gasteiger partial charge in [-0.15, -0.1) is 0 Å². The SMILES string of the molecule is c1ccc(-c2nc(-c3ccccc3)nc(-c3ccc4c(ccc5ccc6c(c54)N=C(c4ccc5c(c4)C4(c7ccccc7-c7ccccc74)c4ccccc4-5)C6)c3)n2)cc1. The molecule has 1 aliphatic heterocycles. The molecule has 0 fully saturated rings. The van der Waals surface area contributed by atoms with Crippen LogP contribution in [0.2, 0.25) is 0 Å². The van der Waals surface area contributed by atoms with E-state index in [9.17, 15) is 0 Å². The third-order valence-corrected chi connectivity index (χ3v) is 12.9. The number of hydrogen-bond donors (Lipinski definition) is 0. The van der Waals surface area contributed by atoms with Crippen LogP contribution in [0.15, 0.2) is 199 Å². The molecule has 0 saturated heterocycles. The van der Waals surface area contributed by atoms with Crippen molar-refractivity contribution in [1.29, 1.82) is 0 Å². The van der Waals surface area contributed by atoms with E-state index in [1.165, 1.54) is 71.8 Å². The molecule has 60 heavy (non-hydrogen) atoms. The maximum atomic E-state index is 5.53. The molecule has 0 bridgehead atoms. The molecule has 13 rings (SSSR count). The molecule has 0 unspecified atom stereocenters. The van der Waals surface area contributed by atoms with Crippen LogP contribution in [-0.4, -0.2) is 20.7 Å². The van der Waals surface area contributed by atoms with Crippen molar-refractivity contribution in [3.05, 3.63) is 228 Å². The fraction of sp³-hybridized carbons (Fsp3) is 0.0357. The van der Waals surface area contributed by atoms with E-state index >= 15 is 0 Å². The summed E-state index contributed by atoms with van der Waals surface area (Å²) in [4.78, 5) is 20.5. The van der Waals surface area contributed by atoms with Gasteiger partial charge >= 0.3 is 0 Å². The molecule has 1 spiro atoms. The molecule has 10 aromatic rings. The highest BCUT2D eigenvalue weighted by Crippen LogP contribution is 2.62. The summed E-state index contributed by atoms with van der Waals surface area (Å²) in [5.41, 5.74) is 17.7. The summed E-state index contributed by atoms with van der Waals surface area (Å²) >= 11 is 0. The topological polar surface area (TPSA) is 51.0 Å². The van der Waals surface area contributed by atoms with Crippen LogP contribution in [0.1, 0.15) is 33.4 Å². The summed E-state index contributed by atoms with van der Waals surface area (Å²) in [7, 11) is 0. The van der Waals surface area contributed by atoms with Gasteiger partial charge in [0.05, 0.1) is 16.8 Å². The van der Waals surface area contributed by atoms with Crippen LogP contribution in [0.3, 0.4) is 0 Å². The Hall–Kier alpha value is -7.82. The third-order valence-electron chi connectivity index (χ3n) is 12.9.